The molecule has 6 nitrogen and oxygen atoms in total. The van der Waals surface area contributed by atoms with E-state index in [1.165, 1.54) is 0 Å². The molecule has 0 amide bonds. The standard InChI is InChI=1S/C20H26N2O4S/c1-25-19-7-5-6-17(20(19)26-2)15-21-14-16-8-10-18(11-9-16)27(23,24)22-12-3-4-13-22/h5-11,21H,3-4,12-15H2,1-2H3. The average molecular weight is 391 g/mol. The van der Waals surface area contributed by atoms with Gasteiger partial charge in [-0.3, -0.25) is 0 Å². The van der Waals surface area contributed by atoms with Crippen LogP contribution in [0.15, 0.2) is 47.4 Å². The highest BCUT2D eigenvalue weighted by molar-refractivity contribution is 7.89. The Morgan fingerprint density at radius 2 is 1.67 bits per heavy atom. The normalized spacial score (nSPS) is 15.0. The van der Waals surface area contributed by atoms with Crippen LogP contribution >= 0.6 is 0 Å². The van der Waals surface area contributed by atoms with Gasteiger partial charge < -0.3 is 14.8 Å². The number of para-hydroxylation sites is 1. The number of ether oxygens (including phenoxy) is 2. The van der Waals surface area contributed by atoms with E-state index < -0.39 is 10.0 Å². The Kier molecular flexibility index (Phi) is 6.36. The van der Waals surface area contributed by atoms with E-state index in [0.717, 1.165) is 29.7 Å². The molecule has 0 aromatic heterocycles. The van der Waals surface area contributed by atoms with Crippen molar-refractivity contribution in [2.75, 3.05) is 27.3 Å². The molecule has 1 heterocycles. The van der Waals surface area contributed by atoms with Crippen molar-refractivity contribution < 1.29 is 17.9 Å². The monoisotopic (exact) mass is 390 g/mol. The van der Waals surface area contributed by atoms with Crippen LogP contribution in [0.1, 0.15) is 24.0 Å². The molecular weight excluding hydrogens is 364 g/mol. The fourth-order valence-corrected chi connectivity index (χ4v) is 4.81. The minimum absolute atomic E-state index is 0.364. The molecule has 0 saturated carbocycles. The summed E-state index contributed by atoms with van der Waals surface area (Å²) in [6.45, 7) is 2.49. The van der Waals surface area contributed by atoms with Crippen LogP contribution in [0.3, 0.4) is 0 Å². The van der Waals surface area contributed by atoms with Gasteiger partial charge in [-0.1, -0.05) is 24.3 Å². The van der Waals surface area contributed by atoms with Crippen molar-refractivity contribution in [2.45, 2.75) is 30.8 Å². The number of sulfonamides is 1. The molecule has 1 N–H and O–H groups in total. The largest absolute Gasteiger partial charge is 0.493 e. The zero-order chi connectivity index (χ0) is 19.3. The summed E-state index contributed by atoms with van der Waals surface area (Å²) in [6, 6.07) is 12.9. The summed E-state index contributed by atoms with van der Waals surface area (Å²) < 4.78 is 37.4. The van der Waals surface area contributed by atoms with Crippen molar-refractivity contribution in [3.05, 3.63) is 53.6 Å². The Labute approximate surface area is 161 Å². The summed E-state index contributed by atoms with van der Waals surface area (Å²) >= 11 is 0. The van der Waals surface area contributed by atoms with Gasteiger partial charge in [0.05, 0.1) is 19.1 Å². The molecule has 0 radical (unpaired) electrons. The Balaban J connectivity index is 1.61. The van der Waals surface area contributed by atoms with Gasteiger partial charge in [-0.05, 0) is 36.6 Å². The number of hydrogen-bond acceptors (Lipinski definition) is 5. The maximum atomic E-state index is 12.6. The fraction of sp³-hybridized carbons (Fsp3) is 0.400. The first kappa shape index (κ1) is 19.7. The van der Waals surface area contributed by atoms with E-state index in [1.54, 1.807) is 30.7 Å². The van der Waals surface area contributed by atoms with E-state index >= 15 is 0 Å². The number of rotatable bonds is 8. The summed E-state index contributed by atoms with van der Waals surface area (Å²) in [5.41, 5.74) is 2.03. The van der Waals surface area contributed by atoms with E-state index in [-0.39, 0.29) is 0 Å². The third-order valence-corrected chi connectivity index (χ3v) is 6.67. The van der Waals surface area contributed by atoms with Gasteiger partial charge >= 0.3 is 0 Å². The predicted molar refractivity (Wildman–Crippen MR) is 105 cm³/mol. The van der Waals surface area contributed by atoms with E-state index in [1.807, 2.05) is 30.3 Å². The molecule has 0 aliphatic carbocycles. The van der Waals surface area contributed by atoms with Gasteiger partial charge in [-0.25, -0.2) is 8.42 Å². The lowest BCUT2D eigenvalue weighted by Gasteiger charge is -2.16. The van der Waals surface area contributed by atoms with E-state index in [4.69, 9.17) is 9.47 Å². The number of hydrogen-bond donors (Lipinski definition) is 1. The molecule has 7 heteroatoms. The second-order valence-electron chi connectivity index (χ2n) is 6.51. The van der Waals surface area contributed by atoms with Crippen LogP contribution in [0.25, 0.3) is 0 Å². The van der Waals surface area contributed by atoms with Crippen LogP contribution in [-0.2, 0) is 23.1 Å². The van der Waals surface area contributed by atoms with Crippen molar-refractivity contribution in [3.8, 4) is 11.5 Å². The molecule has 27 heavy (non-hydrogen) atoms. The van der Waals surface area contributed by atoms with Gasteiger partial charge in [0.15, 0.2) is 11.5 Å². The van der Waals surface area contributed by atoms with Gasteiger partial charge in [0.1, 0.15) is 0 Å². The molecule has 2 aromatic carbocycles. The van der Waals surface area contributed by atoms with Gasteiger partial charge in [-0.2, -0.15) is 4.31 Å². The van der Waals surface area contributed by atoms with Crippen LogP contribution in [0.4, 0.5) is 0 Å². The first-order chi connectivity index (χ1) is 13.1. The number of nitrogens with one attached hydrogen (secondary N) is 1. The Morgan fingerprint density at radius 1 is 0.963 bits per heavy atom. The van der Waals surface area contributed by atoms with Crippen LogP contribution in [0, 0.1) is 0 Å². The first-order valence-corrected chi connectivity index (χ1v) is 10.5. The van der Waals surface area contributed by atoms with Crippen LogP contribution in [-0.4, -0.2) is 40.0 Å². The Morgan fingerprint density at radius 3 is 2.30 bits per heavy atom. The summed E-state index contributed by atoms with van der Waals surface area (Å²) in [7, 11) is -0.109. The second-order valence-corrected chi connectivity index (χ2v) is 8.45. The molecule has 146 valence electrons. The minimum Gasteiger partial charge on any atom is -0.493 e. The number of methoxy groups -OCH3 is 2. The van der Waals surface area contributed by atoms with Crippen LogP contribution < -0.4 is 14.8 Å². The summed E-state index contributed by atoms with van der Waals surface area (Å²) in [5.74, 6) is 1.42. The average Bonchev–Trinajstić information content (AvgIpc) is 3.24. The molecule has 0 bridgehead atoms. The second kappa shape index (κ2) is 8.73. The summed E-state index contributed by atoms with van der Waals surface area (Å²) in [5, 5.41) is 3.36. The SMILES string of the molecule is COc1cccc(CNCc2ccc(S(=O)(=O)N3CCCC3)cc2)c1OC. The molecule has 0 spiro atoms. The van der Waals surface area contributed by atoms with Crippen molar-refractivity contribution in [1.82, 2.24) is 9.62 Å². The maximum absolute atomic E-state index is 12.6. The van der Waals surface area contributed by atoms with Crippen LogP contribution in [0.5, 0.6) is 11.5 Å². The molecule has 2 aromatic rings. The molecule has 1 fully saturated rings. The lowest BCUT2D eigenvalue weighted by atomic mass is 10.1. The Bertz CT molecular complexity index is 860. The van der Waals surface area contributed by atoms with E-state index in [0.29, 0.717) is 36.8 Å². The summed E-state index contributed by atoms with van der Waals surface area (Å²) in [4.78, 5) is 0.364. The quantitative estimate of drug-likeness (QED) is 0.751. The van der Waals surface area contributed by atoms with Crippen molar-refractivity contribution in [3.63, 3.8) is 0 Å². The first-order valence-electron chi connectivity index (χ1n) is 9.06. The van der Waals surface area contributed by atoms with Crippen molar-refractivity contribution >= 4 is 10.0 Å². The highest BCUT2D eigenvalue weighted by atomic mass is 32.2. The van der Waals surface area contributed by atoms with E-state index in [2.05, 4.69) is 5.32 Å². The van der Waals surface area contributed by atoms with Crippen molar-refractivity contribution in [2.24, 2.45) is 0 Å². The topological polar surface area (TPSA) is 67.9 Å². The van der Waals surface area contributed by atoms with Crippen LogP contribution in [0.2, 0.25) is 0 Å². The smallest absolute Gasteiger partial charge is 0.243 e. The molecule has 1 aliphatic rings. The third-order valence-electron chi connectivity index (χ3n) is 4.76. The zero-order valence-electron chi connectivity index (χ0n) is 15.8. The molecule has 1 saturated heterocycles. The molecule has 1 aliphatic heterocycles. The Hall–Kier alpha value is -2.09. The zero-order valence-corrected chi connectivity index (χ0v) is 16.6. The third kappa shape index (κ3) is 4.43. The van der Waals surface area contributed by atoms with Crippen molar-refractivity contribution in [1.29, 1.82) is 0 Å². The van der Waals surface area contributed by atoms with Gasteiger partial charge in [0, 0.05) is 31.7 Å². The lowest BCUT2D eigenvalue weighted by molar-refractivity contribution is 0.350. The van der Waals surface area contributed by atoms with E-state index in [9.17, 15) is 8.42 Å². The molecule has 0 atom stereocenters. The van der Waals surface area contributed by atoms with Gasteiger partial charge in [0.25, 0.3) is 0 Å². The number of benzene rings is 2. The number of nitrogens with zero attached hydrogens (tertiary/aromatic N) is 1. The predicted octanol–water partition coefficient (Wildman–Crippen LogP) is 2.78. The minimum atomic E-state index is -3.35. The summed E-state index contributed by atoms with van der Waals surface area (Å²) in [6.07, 6.45) is 1.88. The fourth-order valence-electron chi connectivity index (χ4n) is 3.29. The highest BCUT2D eigenvalue weighted by Crippen LogP contribution is 2.30. The highest BCUT2D eigenvalue weighted by Gasteiger charge is 2.26. The maximum Gasteiger partial charge on any atom is 0.243 e. The molecule has 3 rings (SSSR count). The van der Waals surface area contributed by atoms with Gasteiger partial charge in [-0.15, -0.1) is 0 Å². The lowest BCUT2D eigenvalue weighted by Crippen LogP contribution is -2.27. The molecular formula is C20H26N2O4S. The van der Waals surface area contributed by atoms with Gasteiger partial charge in [0.2, 0.25) is 10.0 Å². The molecule has 0 unspecified atom stereocenters.